The molecule has 122 valence electrons. The summed E-state index contributed by atoms with van der Waals surface area (Å²) in [5.41, 5.74) is 2.80. The van der Waals surface area contributed by atoms with Gasteiger partial charge >= 0.3 is 5.97 Å². The van der Waals surface area contributed by atoms with E-state index in [1.54, 1.807) is 12.1 Å². The number of carbonyl (C=O) groups excluding carboxylic acids is 1. The van der Waals surface area contributed by atoms with Gasteiger partial charge in [0.05, 0.1) is 17.1 Å². The second-order valence-corrected chi connectivity index (χ2v) is 5.48. The molecule has 0 saturated heterocycles. The summed E-state index contributed by atoms with van der Waals surface area (Å²) in [6.07, 6.45) is 2.62. The standard InChI is InChI=1S/C17H20N2O4/c1-4-8-23-17(20)16-12(3)18-11(2)9-15(16)13-6-5-7-14(10-13)19(21)22/h5-7,9-10,15,18H,4,8H2,1-3H3. The molecule has 2 rings (SSSR count). The van der Waals surface area contributed by atoms with Crippen LogP contribution >= 0.6 is 0 Å². The summed E-state index contributed by atoms with van der Waals surface area (Å²) in [5, 5.41) is 14.1. The molecule has 0 radical (unpaired) electrons. The second kappa shape index (κ2) is 7.09. The Morgan fingerprint density at radius 3 is 2.78 bits per heavy atom. The Morgan fingerprint density at radius 1 is 1.39 bits per heavy atom. The van der Waals surface area contributed by atoms with Gasteiger partial charge in [0.15, 0.2) is 0 Å². The van der Waals surface area contributed by atoms with Crippen molar-refractivity contribution in [1.29, 1.82) is 0 Å². The molecule has 1 aromatic rings. The molecule has 1 unspecified atom stereocenters. The second-order valence-electron chi connectivity index (χ2n) is 5.48. The van der Waals surface area contributed by atoms with Gasteiger partial charge in [-0.15, -0.1) is 0 Å². The van der Waals surface area contributed by atoms with Crippen molar-refractivity contribution in [3.05, 3.63) is 63.0 Å². The van der Waals surface area contributed by atoms with E-state index in [0.717, 1.165) is 12.1 Å². The van der Waals surface area contributed by atoms with Gasteiger partial charge in [-0.05, 0) is 25.8 Å². The predicted molar refractivity (Wildman–Crippen MR) is 86.7 cm³/mol. The average Bonchev–Trinajstić information content (AvgIpc) is 2.52. The fourth-order valence-corrected chi connectivity index (χ4v) is 2.62. The number of rotatable bonds is 5. The van der Waals surface area contributed by atoms with Crippen LogP contribution in [-0.4, -0.2) is 17.5 Å². The van der Waals surface area contributed by atoms with Crippen LogP contribution in [0.4, 0.5) is 5.69 Å². The number of benzene rings is 1. The molecule has 0 amide bonds. The highest BCUT2D eigenvalue weighted by Crippen LogP contribution is 2.34. The van der Waals surface area contributed by atoms with Crippen LogP contribution in [0.15, 0.2) is 47.3 Å². The molecule has 1 N–H and O–H groups in total. The van der Waals surface area contributed by atoms with Crippen LogP contribution in [0.3, 0.4) is 0 Å². The molecule has 1 aliphatic rings. The molecule has 6 heteroatoms. The van der Waals surface area contributed by atoms with Crippen molar-refractivity contribution in [2.24, 2.45) is 0 Å². The fourth-order valence-electron chi connectivity index (χ4n) is 2.62. The molecule has 0 spiro atoms. The minimum absolute atomic E-state index is 0.00557. The van der Waals surface area contributed by atoms with Crippen LogP contribution in [0.25, 0.3) is 0 Å². The summed E-state index contributed by atoms with van der Waals surface area (Å²) >= 11 is 0. The summed E-state index contributed by atoms with van der Waals surface area (Å²) in [4.78, 5) is 23.0. The zero-order valence-corrected chi connectivity index (χ0v) is 13.5. The van der Waals surface area contributed by atoms with Crippen molar-refractivity contribution in [3.8, 4) is 0 Å². The van der Waals surface area contributed by atoms with Crippen molar-refractivity contribution in [3.63, 3.8) is 0 Å². The van der Waals surface area contributed by atoms with Crippen LogP contribution in [0, 0.1) is 10.1 Å². The van der Waals surface area contributed by atoms with Crippen molar-refractivity contribution < 1.29 is 14.5 Å². The molecule has 0 saturated carbocycles. The molecular weight excluding hydrogens is 296 g/mol. The monoisotopic (exact) mass is 316 g/mol. The van der Waals surface area contributed by atoms with Gasteiger partial charge in [-0.3, -0.25) is 10.1 Å². The van der Waals surface area contributed by atoms with Crippen LogP contribution in [0.2, 0.25) is 0 Å². The Kier molecular flexibility index (Phi) is 5.16. The zero-order valence-electron chi connectivity index (χ0n) is 13.5. The Labute approximate surface area is 135 Å². The highest BCUT2D eigenvalue weighted by atomic mass is 16.6. The van der Waals surface area contributed by atoms with E-state index in [1.807, 2.05) is 26.8 Å². The number of nitrogens with one attached hydrogen (secondary N) is 1. The number of esters is 1. The normalized spacial score (nSPS) is 17.3. The summed E-state index contributed by atoms with van der Waals surface area (Å²) in [7, 11) is 0. The number of non-ortho nitro benzene ring substituents is 1. The van der Waals surface area contributed by atoms with Gasteiger partial charge in [0.2, 0.25) is 0 Å². The lowest BCUT2D eigenvalue weighted by molar-refractivity contribution is -0.384. The molecule has 1 atom stereocenters. The lowest BCUT2D eigenvalue weighted by Gasteiger charge is -2.25. The molecular formula is C17H20N2O4. The number of hydrogen-bond acceptors (Lipinski definition) is 5. The topological polar surface area (TPSA) is 81.5 Å². The van der Waals surface area contributed by atoms with Crippen molar-refractivity contribution in [2.75, 3.05) is 6.61 Å². The molecule has 0 aliphatic carbocycles. The van der Waals surface area contributed by atoms with Crippen LogP contribution in [0.5, 0.6) is 0 Å². The van der Waals surface area contributed by atoms with E-state index in [4.69, 9.17) is 4.74 Å². The number of carbonyl (C=O) groups is 1. The maximum absolute atomic E-state index is 12.4. The maximum Gasteiger partial charge on any atom is 0.336 e. The average molecular weight is 316 g/mol. The van der Waals surface area contributed by atoms with Gasteiger partial charge in [0.1, 0.15) is 0 Å². The van der Waals surface area contributed by atoms with Crippen molar-refractivity contribution >= 4 is 11.7 Å². The van der Waals surface area contributed by atoms with E-state index >= 15 is 0 Å². The Morgan fingerprint density at radius 2 is 2.13 bits per heavy atom. The van der Waals surface area contributed by atoms with E-state index in [-0.39, 0.29) is 11.6 Å². The minimum Gasteiger partial charge on any atom is -0.462 e. The number of ether oxygens (including phenoxy) is 1. The van der Waals surface area contributed by atoms with Crippen molar-refractivity contribution in [1.82, 2.24) is 5.32 Å². The lowest BCUT2D eigenvalue weighted by atomic mass is 9.86. The van der Waals surface area contributed by atoms with Crippen LogP contribution in [0.1, 0.15) is 38.7 Å². The van der Waals surface area contributed by atoms with E-state index < -0.39 is 10.9 Å². The Bertz CT molecular complexity index is 692. The Hall–Kier alpha value is -2.63. The molecule has 23 heavy (non-hydrogen) atoms. The molecule has 1 heterocycles. The summed E-state index contributed by atoms with van der Waals surface area (Å²) < 4.78 is 5.27. The minimum atomic E-state index is -0.438. The molecule has 6 nitrogen and oxygen atoms in total. The highest BCUT2D eigenvalue weighted by Gasteiger charge is 2.28. The largest absolute Gasteiger partial charge is 0.462 e. The maximum atomic E-state index is 12.4. The van der Waals surface area contributed by atoms with Crippen LogP contribution in [-0.2, 0) is 9.53 Å². The highest BCUT2D eigenvalue weighted by molar-refractivity contribution is 5.92. The number of nitrogens with zero attached hydrogens (tertiary/aromatic N) is 1. The van der Waals surface area contributed by atoms with Crippen molar-refractivity contribution in [2.45, 2.75) is 33.1 Å². The van der Waals surface area contributed by atoms with Gasteiger partial charge in [-0.25, -0.2) is 4.79 Å². The number of allylic oxidation sites excluding steroid dienone is 3. The smallest absolute Gasteiger partial charge is 0.336 e. The lowest BCUT2D eigenvalue weighted by Crippen LogP contribution is -2.25. The third-order valence-electron chi connectivity index (χ3n) is 3.61. The number of hydrogen-bond donors (Lipinski definition) is 1. The summed E-state index contributed by atoms with van der Waals surface area (Å²) in [5.74, 6) is -0.752. The van der Waals surface area contributed by atoms with Crippen LogP contribution < -0.4 is 5.32 Å². The predicted octanol–water partition coefficient (Wildman–Crippen LogP) is 3.41. The van der Waals surface area contributed by atoms with E-state index in [2.05, 4.69) is 5.32 Å². The SMILES string of the molecule is CCCOC(=O)C1=C(C)NC(C)=CC1c1cccc([N+](=O)[O-])c1. The summed E-state index contributed by atoms with van der Waals surface area (Å²) in [6.45, 7) is 5.97. The molecule has 0 bridgehead atoms. The first-order chi connectivity index (χ1) is 10.9. The third kappa shape index (κ3) is 3.77. The van der Waals surface area contributed by atoms with E-state index in [0.29, 0.717) is 23.4 Å². The van der Waals surface area contributed by atoms with E-state index in [9.17, 15) is 14.9 Å². The Balaban J connectivity index is 2.43. The van der Waals surface area contributed by atoms with Gasteiger partial charge < -0.3 is 10.1 Å². The number of dihydropyridines is 1. The molecule has 1 aromatic carbocycles. The van der Waals surface area contributed by atoms with Gasteiger partial charge in [-0.2, -0.15) is 0 Å². The molecule has 0 aromatic heterocycles. The fraction of sp³-hybridized carbons (Fsp3) is 0.353. The first-order valence-corrected chi connectivity index (χ1v) is 7.51. The van der Waals surface area contributed by atoms with E-state index in [1.165, 1.54) is 12.1 Å². The first kappa shape index (κ1) is 16.7. The van der Waals surface area contributed by atoms with Gasteiger partial charge in [0.25, 0.3) is 5.69 Å². The first-order valence-electron chi connectivity index (χ1n) is 7.51. The van der Waals surface area contributed by atoms with Gasteiger partial charge in [-0.1, -0.05) is 25.1 Å². The third-order valence-corrected chi connectivity index (χ3v) is 3.61. The number of nitro benzene ring substituents is 1. The molecule has 1 aliphatic heterocycles. The zero-order chi connectivity index (χ0) is 17.0. The quantitative estimate of drug-likeness (QED) is 0.511. The molecule has 0 fully saturated rings. The summed E-state index contributed by atoms with van der Waals surface area (Å²) in [6, 6.07) is 6.35. The van der Waals surface area contributed by atoms with Gasteiger partial charge in [0, 0.05) is 29.4 Å². The number of nitro groups is 1.